The van der Waals surface area contributed by atoms with Gasteiger partial charge in [-0.3, -0.25) is 0 Å². The van der Waals surface area contributed by atoms with Gasteiger partial charge in [0.1, 0.15) is 0 Å². The van der Waals surface area contributed by atoms with E-state index in [1.165, 1.54) is 0 Å². The van der Waals surface area contributed by atoms with Crippen LogP contribution in [0.15, 0.2) is 0 Å². The summed E-state index contributed by atoms with van der Waals surface area (Å²) in [6.07, 6.45) is 0. The summed E-state index contributed by atoms with van der Waals surface area (Å²) < 4.78 is 0. The zero-order valence-corrected chi connectivity index (χ0v) is 8.60. The Kier molecular flexibility index (Phi) is 238. The van der Waals surface area contributed by atoms with Crippen LogP contribution in [-0.2, 0) is 0 Å². The summed E-state index contributed by atoms with van der Waals surface area (Å²) in [6, 6.07) is 0. The number of hydrogen-bond acceptors (Lipinski definition) is 0. The van der Waals surface area contributed by atoms with Crippen LogP contribution in [0.2, 0.25) is 0 Å². The van der Waals surface area contributed by atoms with E-state index in [1.807, 2.05) is 0 Å². The van der Waals surface area contributed by atoms with Gasteiger partial charge in [0.2, 0.25) is 0 Å². The van der Waals surface area contributed by atoms with Crippen LogP contribution in [0.1, 0.15) is 2.85 Å². The molecule has 0 spiro atoms. The van der Waals surface area contributed by atoms with Crippen molar-refractivity contribution in [2.24, 2.45) is 0 Å². The first-order valence-electron chi connectivity index (χ1n) is 0. The van der Waals surface area contributed by atoms with Crippen LogP contribution in [0, 0.1) is 0 Å². The first-order valence-corrected chi connectivity index (χ1v) is 0. The van der Waals surface area contributed by atoms with Crippen molar-refractivity contribution in [1.29, 1.82) is 0 Å². The zero-order valence-electron chi connectivity index (χ0n) is 4.67. The van der Waals surface area contributed by atoms with E-state index in [9.17, 15) is 0 Å². The summed E-state index contributed by atoms with van der Waals surface area (Å²) in [5.41, 5.74) is 0. The third-order valence-corrected chi connectivity index (χ3v) is 0. The van der Waals surface area contributed by atoms with Crippen molar-refractivity contribution in [3.05, 3.63) is 0 Å². The molecular formula is H4Ca2Cl2O. The van der Waals surface area contributed by atoms with E-state index in [0.717, 1.165) is 0 Å². The van der Waals surface area contributed by atoms with E-state index in [-0.39, 0.29) is 109 Å². The number of rotatable bonds is 0. The fraction of sp³-hybridized carbons (Fsp3) is 0. The summed E-state index contributed by atoms with van der Waals surface area (Å²) in [6.45, 7) is 0. The summed E-state index contributed by atoms with van der Waals surface area (Å²) in [5, 5.41) is 0. The van der Waals surface area contributed by atoms with E-state index in [1.54, 1.807) is 0 Å². The maximum absolute atomic E-state index is 0. The summed E-state index contributed by atoms with van der Waals surface area (Å²) in [4.78, 5) is 0. The quantitative estimate of drug-likeness (QED) is 0.324. The van der Waals surface area contributed by atoms with Crippen LogP contribution >= 0.6 is 0 Å². The van der Waals surface area contributed by atoms with E-state index < -0.39 is 0 Å². The SMILES string of the molecule is O.[Ca+2].[Ca+2].[Cl-].[Cl-].[H-].[H-]. The van der Waals surface area contributed by atoms with Gasteiger partial charge in [0.25, 0.3) is 0 Å². The molecule has 1 nitrogen and oxygen atoms in total. The first-order chi connectivity index (χ1) is 0. The van der Waals surface area contributed by atoms with Crippen LogP contribution in [-0.4, -0.2) is 81.0 Å². The molecule has 0 fully saturated rings. The molecule has 0 atom stereocenters. The largest absolute Gasteiger partial charge is 2.00 e. The molecule has 5 heteroatoms. The fourth-order valence-electron chi connectivity index (χ4n) is 0. The van der Waals surface area contributed by atoms with Crippen LogP contribution < -0.4 is 24.8 Å². The maximum Gasteiger partial charge on any atom is 2.00 e. The Morgan fingerprint density at radius 2 is 0.800 bits per heavy atom. The minimum atomic E-state index is 0. The molecule has 0 radical (unpaired) electrons. The van der Waals surface area contributed by atoms with Crippen molar-refractivity contribution in [3.8, 4) is 0 Å². The Labute approximate surface area is 106 Å². The zero-order chi connectivity index (χ0) is 0. The van der Waals surface area contributed by atoms with Crippen LogP contribution in [0.3, 0.4) is 0 Å². The van der Waals surface area contributed by atoms with Crippen molar-refractivity contribution >= 4 is 75.5 Å². The molecule has 0 aliphatic rings. The van der Waals surface area contributed by atoms with E-state index in [0.29, 0.717) is 0 Å². The molecule has 0 rings (SSSR count). The van der Waals surface area contributed by atoms with Crippen LogP contribution in [0.4, 0.5) is 0 Å². The van der Waals surface area contributed by atoms with Crippen molar-refractivity contribution in [2.75, 3.05) is 0 Å². The van der Waals surface area contributed by atoms with Gasteiger partial charge in [-0.1, -0.05) is 0 Å². The molecular weight excluding hydrogens is 167 g/mol. The van der Waals surface area contributed by atoms with Gasteiger partial charge in [0.15, 0.2) is 0 Å². The second kappa shape index (κ2) is 27.7. The number of hydrogen-bond donors (Lipinski definition) is 0. The molecule has 0 unspecified atom stereocenters. The second-order valence-electron chi connectivity index (χ2n) is 0. The third-order valence-electron chi connectivity index (χ3n) is 0. The molecule has 0 aliphatic heterocycles. The van der Waals surface area contributed by atoms with Crippen LogP contribution in [0.5, 0.6) is 0 Å². The topological polar surface area (TPSA) is 31.5 Å². The molecule has 0 aromatic rings. The molecule has 0 saturated carbocycles. The predicted molar refractivity (Wildman–Crippen MR) is 17.3 cm³/mol. The fourth-order valence-corrected chi connectivity index (χ4v) is 0. The van der Waals surface area contributed by atoms with Gasteiger partial charge in [-0.2, -0.15) is 0 Å². The van der Waals surface area contributed by atoms with E-state index >= 15 is 0 Å². The predicted octanol–water partition coefficient (Wildman–Crippen LogP) is -7.35. The Bertz CT molecular complexity index is 13.7. The third kappa shape index (κ3) is 19.3. The van der Waals surface area contributed by atoms with Gasteiger partial charge in [0.05, 0.1) is 0 Å². The first kappa shape index (κ1) is 42.9. The van der Waals surface area contributed by atoms with Crippen molar-refractivity contribution in [1.82, 2.24) is 0 Å². The van der Waals surface area contributed by atoms with Gasteiger partial charge in [-0.25, -0.2) is 0 Å². The average molecular weight is 171 g/mol. The smallest absolute Gasteiger partial charge is 1.00 e. The maximum atomic E-state index is 0. The molecule has 0 aromatic carbocycles. The molecule has 5 heavy (non-hydrogen) atoms. The molecule has 0 amide bonds. The van der Waals surface area contributed by atoms with Gasteiger partial charge in [-0.15, -0.1) is 0 Å². The van der Waals surface area contributed by atoms with Gasteiger partial charge >= 0.3 is 75.5 Å². The molecule has 0 aliphatic carbocycles. The van der Waals surface area contributed by atoms with E-state index in [4.69, 9.17) is 0 Å². The normalized spacial score (nSPS) is 0. The van der Waals surface area contributed by atoms with Gasteiger partial charge in [0, 0.05) is 0 Å². The molecule has 0 saturated heterocycles. The Morgan fingerprint density at radius 1 is 0.800 bits per heavy atom. The molecule has 0 aromatic heterocycles. The van der Waals surface area contributed by atoms with Gasteiger partial charge in [-0.05, 0) is 0 Å². The van der Waals surface area contributed by atoms with Gasteiger partial charge < -0.3 is 33.1 Å². The average Bonchev–Trinajstić information content (AvgIpc) is 0. The minimum absolute atomic E-state index is 0. The van der Waals surface area contributed by atoms with Crippen molar-refractivity contribution in [3.63, 3.8) is 0 Å². The Hall–Kier alpha value is 3.06. The molecule has 28 valence electrons. The van der Waals surface area contributed by atoms with E-state index in [2.05, 4.69) is 0 Å². The molecule has 2 N–H and O–H groups in total. The summed E-state index contributed by atoms with van der Waals surface area (Å²) in [5.74, 6) is 0. The van der Waals surface area contributed by atoms with Crippen molar-refractivity contribution < 1.29 is 33.1 Å². The molecule has 0 heterocycles. The summed E-state index contributed by atoms with van der Waals surface area (Å²) in [7, 11) is 0. The standard InChI is InChI=1S/2Ca.2ClH.H2O.2H/h;;2*1H;1H2;;/q2*+2;;;;2*-1/p-2. The summed E-state index contributed by atoms with van der Waals surface area (Å²) >= 11 is 0. The molecule has 0 bridgehead atoms. The Morgan fingerprint density at radius 3 is 0.800 bits per heavy atom. The minimum Gasteiger partial charge on any atom is -1.00 e. The monoisotopic (exact) mass is 170 g/mol. The van der Waals surface area contributed by atoms with Crippen LogP contribution in [0.25, 0.3) is 0 Å². The second-order valence-corrected chi connectivity index (χ2v) is 0. The Balaban J connectivity index is 0. The number of halogens is 2. The van der Waals surface area contributed by atoms with Crippen molar-refractivity contribution in [2.45, 2.75) is 0 Å².